The number of carbonyl (C=O) groups is 2. The van der Waals surface area contributed by atoms with Crippen LogP contribution >= 0.6 is 11.6 Å². The fraction of sp³-hybridized carbons (Fsp3) is 0.310. The van der Waals surface area contributed by atoms with Crippen LogP contribution in [0.3, 0.4) is 0 Å². The van der Waals surface area contributed by atoms with Gasteiger partial charge in [-0.25, -0.2) is 8.42 Å². The maximum atomic E-state index is 13.9. The van der Waals surface area contributed by atoms with Gasteiger partial charge in [0.2, 0.25) is 11.8 Å². The maximum Gasteiger partial charge on any atom is 0.264 e. The molecular formula is C29H34ClN3O4S. The molecule has 202 valence electrons. The molecule has 0 heterocycles. The van der Waals surface area contributed by atoms with E-state index in [1.165, 1.54) is 23.1 Å². The summed E-state index contributed by atoms with van der Waals surface area (Å²) in [5.74, 6) is -0.862. The average Bonchev–Trinajstić information content (AvgIpc) is 2.87. The van der Waals surface area contributed by atoms with Crippen molar-refractivity contribution in [2.45, 2.75) is 57.6 Å². The molecule has 9 heteroatoms. The standard InChI is InChI=1S/C29H34ClN3O4S/c1-21-16-17-24(18-26(21)30)33(38(36,37)25-14-10-7-11-15-25)20-27(34)32(19-23-12-8-6-9-13-23)22(2)28(35)31-29(3,4)5/h6-18,22H,19-20H2,1-5H3,(H,31,35)/t22-/m0/s1. The van der Waals surface area contributed by atoms with E-state index in [9.17, 15) is 18.0 Å². The van der Waals surface area contributed by atoms with Gasteiger partial charge in [0.1, 0.15) is 12.6 Å². The van der Waals surface area contributed by atoms with E-state index in [1.54, 1.807) is 37.3 Å². The van der Waals surface area contributed by atoms with E-state index in [0.717, 1.165) is 15.4 Å². The summed E-state index contributed by atoms with van der Waals surface area (Å²) in [6.07, 6.45) is 0. The van der Waals surface area contributed by atoms with Crippen LogP contribution in [0, 0.1) is 6.92 Å². The molecule has 0 aromatic heterocycles. The molecule has 3 rings (SSSR count). The van der Waals surface area contributed by atoms with E-state index in [-0.39, 0.29) is 23.0 Å². The Hall–Kier alpha value is -3.36. The largest absolute Gasteiger partial charge is 0.350 e. The topological polar surface area (TPSA) is 86.8 Å². The monoisotopic (exact) mass is 555 g/mol. The van der Waals surface area contributed by atoms with Crippen LogP contribution < -0.4 is 9.62 Å². The molecule has 0 bridgehead atoms. The fourth-order valence-corrected chi connectivity index (χ4v) is 5.42. The maximum absolute atomic E-state index is 13.9. The predicted octanol–water partition coefficient (Wildman–Crippen LogP) is 5.18. The Morgan fingerprint density at radius 1 is 0.947 bits per heavy atom. The second-order valence-electron chi connectivity index (χ2n) is 10.2. The lowest BCUT2D eigenvalue weighted by Gasteiger charge is -2.33. The van der Waals surface area contributed by atoms with Gasteiger partial charge in [0.05, 0.1) is 10.6 Å². The lowest BCUT2D eigenvalue weighted by molar-refractivity contribution is -0.140. The van der Waals surface area contributed by atoms with Gasteiger partial charge in [-0.05, 0) is 70.0 Å². The van der Waals surface area contributed by atoms with E-state index < -0.39 is 34.1 Å². The summed E-state index contributed by atoms with van der Waals surface area (Å²) >= 11 is 6.34. The van der Waals surface area contributed by atoms with Crippen LogP contribution in [-0.2, 0) is 26.2 Å². The third-order valence-corrected chi connectivity index (χ3v) is 8.11. The van der Waals surface area contributed by atoms with Crippen LogP contribution in [0.1, 0.15) is 38.8 Å². The lowest BCUT2D eigenvalue weighted by Crippen LogP contribution is -2.54. The number of sulfonamides is 1. The molecule has 38 heavy (non-hydrogen) atoms. The van der Waals surface area contributed by atoms with Crippen molar-refractivity contribution in [3.05, 3.63) is 95.0 Å². The van der Waals surface area contributed by atoms with E-state index in [2.05, 4.69) is 5.32 Å². The minimum atomic E-state index is -4.13. The van der Waals surface area contributed by atoms with E-state index in [0.29, 0.717) is 5.02 Å². The van der Waals surface area contributed by atoms with Crippen LogP contribution in [-0.4, -0.2) is 43.3 Å². The van der Waals surface area contributed by atoms with Crippen molar-refractivity contribution in [1.82, 2.24) is 10.2 Å². The average molecular weight is 556 g/mol. The lowest BCUT2D eigenvalue weighted by atomic mass is 10.1. The molecule has 0 aliphatic carbocycles. The predicted molar refractivity (Wildman–Crippen MR) is 152 cm³/mol. The van der Waals surface area contributed by atoms with Gasteiger partial charge in [0.25, 0.3) is 10.0 Å². The molecule has 2 amide bonds. The first-order valence-electron chi connectivity index (χ1n) is 12.3. The zero-order valence-electron chi connectivity index (χ0n) is 22.3. The third-order valence-electron chi connectivity index (χ3n) is 5.91. The van der Waals surface area contributed by atoms with Crippen molar-refractivity contribution in [2.24, 2.45) is 0 Å². The van der Waals surface area contributed by atoms with Crippen LogP contribution in [0.25, 0.3) is 0 Å². The summed E-state index contributed by atoms with van der Waals surface area (Å²) in [6, 6.07) is 21.2. The molecule has 0 saturated carbocycles. The summed E-state index contributed by atoms with van der Waals surface area (Å²) in [5.41, 5.74) is 1.34. The van der Waals surface area contributed by atoms with Crippen molar-refractivity contribution in [3.8, 4) is 0 Å². The van der Waals surface area contributed by atoms with Gasteiger partial charge in [-0.1, -0.05) is 66.2 Å². The molecule has 0 radical (unpaired) electrons. The van der Waals surface area contributed by atoms with Crippen LogP contribution in [0.5, 0.6) is 0 Å². The molecule has 0 aliphatic heterocycles. The Kier molecular flexibility index (Phi) is 9.22. The zero-order valence-corrected chi connectivity index (χ0v) is 23.9. The molecule has 0 aliphatic rings. The Balaban J connectivity index is 2.04. The highest BCUT2D eigenvalue weighted by atomic mass is 35.5. The smallest absolute Gasteiger partial charge is 0.264 e. The van der Waals surface area contributed by atoms with Crippen molar-refractivity contribution < 1.29 is 18.0 Å². The Morgan fingerprint density at radius 3 is 2.08 bits per heavy atom. The van der Waals surface area contributed by atoms with Crippen molar-refractivity contribution in [3.63, 3.8) is 0 Å². The Bertz CT molecular complexity index is 1370. The second kappa shape index (κ2) is 12.0. The number of amides is 2. The Morgan fingerprint density at radius 2 is 1.53 bits per heavy atom. The molecule has 0 spiro atoms. The number of carbonyl (C=O) groups excluding carboxylic acids is 2. The molecule has 0 unspecified atom stereocenters. The SMILES string of the molecule is Cc1ccc(N(CC(=O)N(Cc2ccccc2)[C@@H](C)C(=O)NC(C)(C)C)S(=O)(=O)c2ccccc2)cc1Cl. The van der Waals surface area contributed by atoms with Crippen molar-refractivity contribution >= 4 is 39.1 Å². The molecule has 3 aromatic rings. The molecule has 0 fully saturated rings. The minimum Gasteiger partial charge on any atom is -0.350 e. The van der Waals surface area contributed by atoms with Gasteiger partial charge < -0.3 is 10.2 Å². The number of aryl methyl sites for hydroxylation is 1. The zero-order chi connectivity index (χ0) is 28.1. The number of halogens is 1. The molecule has 1 N–H and O–H groups in total. The molecule has 0 saturated heterocycles. The first-order valence-corrected chi connectivity index (χ1v) is 14.1. The van der Waals surface area contributed by atoms with Gasteiger partial charge in [0, 0.05) is 17.1 Å². The first-order chi connectivity index (χ1) is 17.8. The van der Waals surface area contributed by atoms with Gasteiger partial charge in [-0.3, -0.25) is 13.9 Å². The van der Waals surface area contributed by atoms with Crippen molar-refractivity contribution in [1.29, 1.82) is 0 Å². The second-order valence-corrected chi connectivity index (χ2v) is 12.5. The number of nitrogens with one attached hydrogen (secondary N) is 1. The highest BCUT2D eigenvalue weighted by Crippen LogP contribution is 2.28. The third kappa shape index (κ3) is 7.36. The van der Waals surface area contributed by atoms with Crippen LogP contribution in [0.4, 0.5) is 5.69 Å². The van der Waals surface area contributed by atoms with Crippen LogP contribution in [0.2, 0.25) is 5.02 Å². The van der Waals surface area contributed by atoms with Gasteiger partial charge in [-0.15, -0.1) is 0 Å². The number of nitrogens with zero attached hydrogens (tertiary/aromatic N) is 2. The number of benzene rings is 3. The Labute approximate surface area is 230 Å². The molecule has 7 nitrogen and oxygen atoms in total. The normalized spacial score (nSPS) is 12.5. The van der Waals surface area contributed by atoms with Crippen LogP contribution in [0.15, 0.2) is 83.8 Å². The number of hydrogen-bond acceptors (Lipinski definition) is 4. The van der Waals surface area contributed by atoms with Crippen molar-refractivity contribution in [2.75, 3.05) is 10.8 Å². The summed E-state index contributed by atoms with van der Waals surface area (Å²) < 4.78 is 28.6. The minimum absolute atomic E-state index is 0.0395. The number of rotatable bonds is 9. The highest BCUT2D eigenvalue weighted by molar-refractivity contribution is 7.92. The molecule has 1 atom stereocenters. The van der Waals surface area contributed by atoms with E-state index in [4.69, 9.17) is 11.6 Å². The van der Waals surface area contributed by atoms with Gasteiger partial charge in [-0.2, -0.15) is 0 Å². The fourth-order valence-electron chi connectivity index (χ4n) is 3.82. The van der Waals surface area contributed by atoms with Gasteiger partial charge >= 0.3 is 0 Å². The molecule has 3 aromatic carbocycles. The quantitative estimate of drug-likeness (QED) is 0.394. The summed E-state index contributed by atoms with van der Waals surface area (Å²) in [4.78, 5) is 28.4. The molecular weight excluding hydrogens is 522 g/mol. The van der Waals surface area contributed by atoms with E-state index in [1.807, 2.05) is 58.0 Å². The number of anilines is 1. The van der Waals surface area contributed by atoms with Gasteiger partial charge in [0.15, 0.2) is 0 Å². The first kappa shape index (κ1) is 29.2. The highest BCUT2D eigenvalue weighted by Gasteiger charge is 2.33. The van der Waals surface area contributed by atoms with E-state index >= 15 is 0 Å². The number of hydrogen-bond donors (Lipinski definition) is 1. The summed E-state index contributed by atoms with van der Waals surface area (Å²) in [7, 11) is -4.13. The summed E-state index contributed by atoms with van der Waals surface area (Å²) in [6.45, 7) is 8.64. The summed E-state index contributed by atoms with van der Waals surface area (Å²) in [5, 5.41) is 3.29.